The van der Waals surface area contributed by atoms with Crippen LogP contribution in [0.1, 0.15) is 24.2 Å². The highest BCUT2D eigenvalue weighted by Gasteiger charge is 2.47. The second-order valence-electron chi connectivity index (χ2n) is 3.59. The first-order valence-electron chi connectivity index (χ1n) is 5.11. The zero-order valence-corrected chi connectivity index (χ0v) is 8.90. The molecule has 3 heteroatoms. The summed E-state index contributed by atoms with van der Waals surface area (Å²) in [7, 11) is 0. The predicted molar refractivity (Wildman–Crippen MR) is 55.4 cm³/mol. The molecule has 0 aromatic heterocycles. The molecule has 0 saturated carbocycles. The first-order valence-corrected chi connectivity index (χ1v) is 5.11. The lowest BCUT2D eigenvalue weighted by Crippen LogP contribution is -2.12. The monoisotopic (exact) mass is 206 g/mol. The third-order valence-electron chi connectivity index (χ3n) is 2.51. The zero-order chi connectivity index (χ0) is 10.8. The Morgan fingerprint density at radius 2 is 2.20 bits per heavy atom. The van der Waals surface area contributed by atoms with Gasteiger partial charge < -0.3 is 9.47 Å². The van der Waals surface area contributed by atoms with Gasteiger partial charge in [-0.05, 0) is 25.0 Å². The number of ether oxygens (including phenoxy) is 2. The quantitative estimate of drug-likeness (QED) is 0.561. The maximum absolute atomic E-state index is 11.4. The van der Waals surface area contributed by atoms with Crippen LogP contribution < -0.4 is 0 Å². The van der Waals surface area contributed by atoms with E-state index in [-0.39, 0.29) is 12.1 Å². The molecule has 1 aliphatic rings. The number of aryl methyl sites for hydroxylation is 1. The van der Waals surface area contributed by atoms with Gasteiger partial charge in [0, 0.05) is 0 Å². The number of hydrogen-bond donors (Lipinski definition) is 0. The number of carbonyl (C=O) groups excluding carboxylic acids is 1. The van der Waals surface area contributed by atoms with E-state index >= 15 is 0 Å². The molecule has 2 rings (SSSR count). The first-order chi connectivity index (χ1) is 7.24. The lowest BCUT2D eigenvalue weighted by molar-refractivity contribution is -0.144. The van der Waals surface area contributed by atoms with Crippen LogP contribution in [-0.2, 0) is 14.3 Å². The minimum absolute atomic E-state index is 0.106. The minimum Gasteiger partial charge on any atom is -0.464 e. The number of hydrogen-bond acceptors (Lipinski definition) is 3. The average molecular weight is 206 g/mol. The Balaban J connectivity index is 2.05. The van der Waals surface area contributed by atoms with E-state index < -0.39 is 6.10 Å². The molecule has 0 amide bonds. The van der Waals surface area contributed by atoms with Crippen molar-refractivity contribution in [2.24, 2.45) is 0 Å². The lowest BCUT2D eigenvalue weighted by atomic mass is 10.0. The fraction of sp³-hybridized carbons (Fsp3) is 0.417. The van der Waals surface area contributed by atoms with Crippen molar-refractivity contribution in [3.63, 3.8) is 0 Å². The fourth-order valence-corrected chi connectivity index (χ4v) is 1.66. The lowest BCUT2D eigenvalue weighted by Gasteiger charge is -2.00. The number of carbonyl (C=O) groups is 1. The SMILES string of the molecule is CCOC(=O)C1OC1c1ccccc1C. The molecule has 2 unspecified atom stereocenters. The summed E-state index contributed by atoms with van der Waals surface area (Å²) in [5, 5.41) is 0. The minimum atomic E-state index is -0.397. The van der Waals surface area contributed by atoms with Crippen molar-refractivity contribution in [1.82, 2.24) is 0 Å². The molecule has 0 aliphatic carbocycles. The van der Waals surface area contributed by atoms with Crippen LogP contribution in [0.3, 0.4) is 0 Å². The molecule has 80 valence electrons. The number of rotatable bonds is 3. The van der Waals surface area contributed by atoms with Gasteiger partial charge in [0.2, 0.25) is 0 Å². The van der Waals surface area contributed by atoms with Gasteiger partial charge in [0.1, 0.15) is 6.10 Å². The molecule has 3 nitrogen and oxygen atoms in total. The summed E-state index contributed by atoms with van der Waals surface area (Å²) in [4.78, 5) is 11.4. The third kappa shape index (κ3) is 2.02. The molecule has 1 saturated heterocycles. The first kappa shape index (κ1) is 10.2. The van der Waals surface area contributed by atoms with Crippen LogP contribution in [0.2, 0.25) is 0 Å². The van der Waals surface area contributed by atoms with Crippen LogP contribution >= 0.6 is 0 Å². The van der Waals surface area contributed by atoms with E-state index in [1.54, 1.807) is 6.92 Å². The maximum Gasteiger partial charge on any atom is 0.338 e. The summed E-state index contributed by atoms with van der Waals surface area (Å²) < 4.78 is 10.2. The third-order valence-corrected chi connectivity index (χ3v) is 2.51. The molecule has 1 fully saturated rings. The van der Waals surface area contributed by atoms with Gasteiger partial charge >= 0.3 is 5.97 Å². The van der Waals surface area contributed by atoms with Crippen molar-refractivity contribution in [2.75, 3.05) is 6.61 Å². The van der Waals surface area contributed by atoms with E-state index in [0.717, 1.165) is 11.1 Å². The fourth-order valence-electron chi connectivity index (χ4n) is 1.66. The van der Waals surface area contributed by atoms with Crippen LogP contribution in [0, 0.1) is 6.92 Å². The van der Waals surface area contributed by atoms with E-state index in [9.17, 15) is 4.79 Å². The molecule has 0 radical (unpaired) electrons. The van der Waals surface area contributed by atoms with Crippen LogP contribution in [0.15, 0.2) is 24.3 Å². The highest BCUT2D eigenvalue weighted by molar-refractivity contribution is 5.78. The second kappa shape index (κ2) is 4.03. The van der Waals surface area contributed by atoms with E-state index in [1.165, 1.54) is 0 Å². The topological polar surface area (TPSA) is 38.8 Å². The molecule has 1 aromatic rings. The van der Waals surface area contributed by atoms with Gasteiger partial charge in [-0.3, -0.25) is 0 Å². The largest absolute Gasteiger partial charge is 0.464 e. The van der Waals surface area contributed by atoms with Crippen LogP contribution in [0.4, 0.5) is 0 Å². The van der Waals surface area contributed by atoms with Gasteiger partial charge in [-0.2, -0.15) is 0 Å². The molecular weight excluding hydrogens is 192 g/mol. The highest BCUT2D eigenvalue weighted by atomic mass is 16.6. The van der Waals surface area contributed by atoms with Crippen LogP contribution in [0.25, 0.3) is 0 Å². The number of epoxide rings is 1. The number of benzene rings is 1. The van der Waals surface area contributed by atoms with Crippen molar-refractivity contribution in [3.8, 4) is 0 Å². The molecule has 15 heavy (non-hydrogen) atoms. The van der Waals surface area contributed by atoms with Gasteiger partial charge in [0.15, 0.2) is 6.10 Å². The molecule has 0 N–H and O–H groups in total. The van der Waals surface area contributed by atoms with Gasteiger partial charge in [0.25, 0.3) is 0 Å². The molecular formula is C12H14O3. The molecule has 0 spiro atoms. The Morgan fingerprint density at radius 3 is 2.87 bits per heavy atom. The molecule has 2 atom stereocenters. The summed E-state index contributed by atoms with van der Waals surface area (Å²) >= 11 is 0. The zero-order valence-electron chi connectivity index (χ0n) is 8.90. The van der Waals surface area contributed by atoms with Crippen LogP contribution in [0.5, 0.6) is 0 Å². The van der Waals surface area contributed by atoms with Crippen molar-refractivity contribution in [2.45, 2.75) is 26.1 Å². The Hall–Kier alpha value is -1.35. The normalized spacial score (nSPS) is 23.6. The Labute approximate surface area is 89.0 Å². The van der Waals surface area contributed by atoms with Crippen molar-refractivity contribution in [1.29, 1.82) is 0 Å². The van der Waals surface area contributed by atoms with E-state index in [0.29, 0.717) is 6.61 Å². The summed E-state index contributed by atoms with van der Waals surface area (Å²) in [6, 6.07) is 7.92. The summed E-state index contributed by atoms with van der Waals surface area (Å²) in [5.41, 5.74) is 2.23. The van der Waals surface area contributed by atoms with Gasteiger partial charge in [-0.25, -0.2) is 4.79 Å². The van der Waals surface area contributed by atoms with Gasteiger partial charge in [0.05, 0.1) is 6.61 Å². The maximum atomic E-state index is 11.4. The molecule has 0 bridgehead atoms. The van der Waals surface area contributed by atoms with Crippen LogP contribution in [-0.4, -0.2) is 18.7 Å². The molecule has 1 aromatic carbocycles. The summed E-state index contributed by atoms with van der Waals surface area (Å²) in [6.07, 6.45) is -0.503. The van der Waals surface area contributed by atoms with Crippen molar-refractivity contribution < 1.29 is 14.3 Å². The van der Waals surface area contributed by atoms with Gasteiger partial charge in [-0.1, -0.05) is 24.3 Å². The Bertz CT molecular complexity index is 373. The van der Waals surface area contributed by atoms with Crippen molar-refractivity contribution in [3.05, 3.63) is 35.4 Å². The highest BCUT2D eigenvalue weighted by Crippen LogP contribution is 2.40. The van der Waals surface area contributed by atoms with E-state index in [4.69, 9.17) is 9.47 Å². The predicted octanol–water partition coefficient (Wildman–Crippen LogP) is 2.00. The van der Waals surface area contributed by atoms with E-state index in [1.807, 2.05) is 31.2 Å². The Kier molecular flexibility index (Phi) is 2.73. The van der Waals surface area contributed by atoms with Gasteiger partial charge in [-0.15, -0.1) is 0 Å². The van der Waals surface area contributed by atoms with Crippen molar-refractivity contribution >= 4 is 5.97 Å². The second-order valence-corrected chi connectivity index (χ2v) is 3.59. The molecule has 1 heterocycles. The molecule has 1 aliphatic heterocycles. The summed E-state index contributed by atoms with van der Waals surface area (Å²) in [5.74, 6) is -0.259. The summed E-state index contributed by atoms with van der Waals surface area (Å²) in [6.45, 7) is 4.21. The van der Waals surface area contributed by atoms with E-state index in [2.05, 4.69) is 0 Å². The Morgan fingerprint density at radius 1 is 1.47 bits per heavy atom. The number of esters is 1. The smallest absolute Gasteiger partial charge is 0.338 e. The standard InChI is InChI=1S/C12H14O3/c1-3-14-12(13)11-10(15-11)9-7-5-4-6-8(9)2/h4-7,10-11H,3H2,1-2H3. The average Bonchev–Trinajstić information content (AvgIpc) is 2.98.